The summed E-state index contributed by atoms with van der Waals surface area (Å²) >= 11 is 0. The topological polar surface area (TPSA) is 63.3 Å². The molecule has 25 heavy (non-hydrogen) atoms. The molecule has 0 amide bonds. The van der Waals surface area contributed by atoms with Crippen LogP contribution in [0.4, 0.5) is 0 Å². The first kappa shape index (κ1) is 15.1. The van der Waals surface area contributed by atoms with Crippen LogP contribution in [0.3, 0.4) is 0 Å². The van der Waals surface area contributed by atoms with E-state index in [1.807, 2.05) is 66.7 Å². The van der Waals surface area contributed by atoms with E-state index >= 15 is 0 Å². The number of rotatable bonds is 4. The lowest BCUT2D eigenvalue weighted by Gasteiger charge is -2.02. The fourth-order valence-corrected chi connectivity index (χ4v) is 2.90. The molecule has 1 heterocycles. The number of hydrogen-bond acceptors (Lipinski definition) is 3. The Labute approximate surface area is 144 Å². The summed E-state index contributed by atoms with van der Waals surface area (Å²) < 4.78 is 5.86. The number of aromatic nitrogens is 1. The van der Waals surface area contributed by atoms with Gasteiger partial charge in [-0.3, -0.25) is 4.79 Å². The van der Waals surface area contributed by atoms with Crippen molar-refractivity contribution in [2.24, 2.45) is 0 Å². The second-order valence-electron chi connectivity index (χ2n) is 5.80. The fourth-order valence-electron chi connectivity index (χ4n) is 2.90. The van der Waals surface area contributed by atoms with Crippen molar-refractivity contribution in [3.63, 3.8) is 0 Å². The summed E-state index contributed by atoms with van der Waals surface area (Å²) in [6.07, 6.45) is -0.0653. The zero-order valence-electron chi connectivity index (χ0n) is 13.3. The molecule has 0 atom stereocenters. The number of oxazole rings is 1. The van der Waals surface area contributed by atoms with Gasteiger partial charge in [0.25, 0.3) is 0 Å². The molecule has 0 spiro atoms. The van der Waals surface area contributed by atoms with Crippen molar-refractivity contribution < 1.29 is 14.3 Å². The maximum atomic E-state index is 11.1. The van der Waals surface area contributed by atoms with Crippen LogP contribution in [0.15, 0.2) is 77.2 Å². The second-order valence-corrected chi connectivity index (χ2v) is 5.80. The number of carboxylic acids is 1. The quantitative estimate of drug-likeness (QED) is 0.585. The molecule has 0 aliphatic carbocycles. The highest BCUT2D eigenvalue weighted by atomic mass is 16.4. The summed E-state index contributed by atoms with van der Waals surface area (Å²) in [5, 5.41) is 9.09. The minimum absolute atomic E-state index is 0.0653. The first-order valence-corrected chi connectivity index (χ1v) is 7.97. The van der Waals surface area contributed by atoms with Gasteiger partial charge in [0, 0.05) is 5.56 Å². The standard InChI is InChI=1S/C21H15NO3/c23-20(24)13-16-8-4-5-9-17(16)21-22-18-12-15(10-11-19(18)25-21)14-6-2-1-3-7-14/h1-12H,13H2,(H,23,24). The average Bonchev–Trinajstić information content (AvgIpc) is 3.05. The summed E-state index contributed by atoms with van der Waals surface area (Å²) in [6, 6.07) is 23.2. The van der Waals surface area contributed by atoms with Crippen molar-refractivity contribution in [2.45, 2.75) is 6.42 Å². The van der Waals surface area contributed by atoms with E-state index in [9.17, 15) is 4.79 Å². The van der Waals surface area contributed by atoms with Gasteiger partial charge in [-0.2, -0.15) is 0 Å². The zero-order chi connectivity index (χ0) is 17.2. The van der Waals surface area contributed by atoms with Gasteiger partial charge in [0.05, 0.1) is 6.42 Å². The molecule has 0 aliphatic heterocycles. The number of aliphatic carboxylic acids is 1. The molecule has 122 valence electrons. The average molecular weight is 329 g/mol. The third kappa shape index (κ3) is 3.02. The number of hydrogen-bond donors (Lipinski definition) is 1. The lowest BCUT2D eigenvalue weighted by Crippen LogP contribution is -2.01. The van der Waals surface area contributed by atoms with Crippen molar-refractivity contribution in [3.05, 3.63) is 78.4 Å². The zero-order valence-corrected chi connectivity index (χ0v) is 13.3. The van der Waals surface area contributed by atoms with Crippen LogP contribution < -0.4 is 0 Å². The van der Waals surface area contributed by atoms with E-state index in [2.05, 4.69) is 4.98 Å². The molecule has 1 N–H and O–H groups in total. The molecular formula is C21H15NO3. The Morgan fingerprint density at radius 3 is 2.48 bits per heavy atom. The predicted octanol–water partition coefficient (Wildman–Crippen LogP) is 4.79. The van der Waals surface area contributed by atoms with Gasteiger partial charge < -0.3 is 9.52 Å². The lowest BCUT2D eigenvalue weighted by molar-refractivity contribution is -0.136. The molecule has 0 unspecified atom stereocenters. The van der Waals surface area contributed by atoms with Gasteiger partial charge in [-0.25, -0.2) is 4.98 Å². The van der Waals surface area contributed by atoms with Gasteiger partial charge in [-0.05, 0) is 34.9 Å². The molecule has 0 aliphatic rings. The Hall–Kier alpha value is -3.40. The van der Waals surface area contributed by atoms with Crippen LogP contribution in [-0.4, -0.2) is 16.1 Å². The number of nitrogens with zero attached hydrogens (tertiary/aromatic N) is 1. The highest BCUT2D eigenvalue weighted by molar-refractivity contribution is 5.83. The van der Waals surface area contributed by atoms with Crippen LogP contribution in [-0.2, 0) is 11.2 Å². The van der Waals surface area contributed by atoms with Crippen molar-refractivity contribution in [1.82, 2.24) is 4.98 Å². The van der Waals surface area contributed by atoms with Gasteiger partial charge in [0.15, 0.2) is 5.58 Å². The summed E-state index contributed by atoms with van der Waals surface area (Å²) in [7, 11) is 0. The maximum Gasteiger partial charge on any atom is 0.307 e. The van der Waals surface area contributed by atoms with E-state index in [0.717, 1.165) is 16.6 Å². The highest BCUT2D eigenvalue weighted by Gasteiger charge is 2.14. The first-order chi connectivity index (χ1) is 12.2. The van der Waals surface area contributed by atoms with E-state index < -0.39 is 5.97 Å². The Morgan fingerprint density at radius 1 is 0.920 bits per heavy atom. The van der Waals surface area contributed by atoms with Crippen LogP contribution in [0.25, 0.3) is 33.7 Å². The minimum Gasteiger partial charge on any atom is -0.481 e. The molecular weight excluding hydrogens is 314 g/mol. The van der Waals surface area contributed by atoms with Gasteiger partial charge >= 0.3 is 5.97 Å². The van der Waals surface area contributed by atoms with Crippen molar-refractivity contribution in [3.8, 4) is 22.6 Å². The molecule has 4 heteroatoms. The number of carboxylic acid groups (broad SMARTS) is 1. The minimum atomic E-state index is -0.880. The third-order valence-corrected chi connectivity index (χ3v) is 4.08. The fraction of sp³-hybridized carbons (Fsp3) is 0.0476. The smallest absolute Gasteiger partial charge is 0.307 e. The van der Waals surface area contributed by atoms with Crippen LogP contribution in [0.2, 0.25) is 0 Å². The van der Waals surface area contributed by atoms with E-state index in [-0.39, 0.29) is 6.42 Å². The molecule has 0 radical (unpaired) electrons. The third-order valence-electron chi connectivity index (χ3n) is 4.08. The SMILES string of the molecule is O=C(O)Cc1ccccc1-c1nc2cc(-c3ccccc3)ccc2o1. The molecule has 0 bridgehead atoms. The summed E-state index contributed by atoms with van der Waals surface area (Å²) in [4.78, 5) is 15.7. The Kier molecular flexibility index (Phi) is 3.78. The second kappa shape index (κ2) is 6.24. The van der Waals surface area contributed by atoms with Gasteiger partial charge in [0.2, 0.25) is 5.89 Å². The highest BCUT2D eigenvalue weighted by Crippen LogP contribution is 2.30. The lowest BCUT2D eigenvalue weighted by atomic mass is 10.0. The number of benzene rings is 3. The van der Waals surface area contributed by atoms with Crippen molar-refractivity contribution in [2.75, 3.05) is 0 Å². The van der Waals surface area contributed by atoms with Gasteiger partial charge in [0.1, 0.15) is 5.52 Å². The monoisotopic (exact) mass is 329 g/mol. The molecule has 1 aromatic heterocycles. The van der Waals surface area contributed by atoms with Crippen LogP contribution in [0.5, 0.6) is 0 Å². The van der Waals surface area contributed by atoms with E-state index in [1.54, 1.807) is 6.07 Å². The predicted molar refractivity (Wildman–Crippen MR) is 96.2 cm³/mol. The Balaban J connectivity index is 1.79. The van der Waals surface area contributed by atoms with Gasteiger partial charge in [-0.1, -0.05) is 54.6 Å². The molecule has 0 saturated heterocycles. The largest absolute Gasteiger partial charge is 0.481 e. The van der Waals surface area contributed by atoms with E-state index in [0.29, 0.717) is 22.6 Å². The van der Waals surface area contributed by atoms with Gasteiger partial charge in [-0.15, -0.1) is 0 Å². The molecule has 0 fully saturated rings. The Morgan fingerprint density at radius 2 is 1.68 bits per heavy atom. The summed E-state index contributed by atoms with van der Waals surface area (Å²) in [6.45, 7) is 0. The Bertz CT molecular complexity index is 1050. The van der Waals surface area contributed by atoms with Crippen LogP contribution >= 0.6 is 0 Å². The normalized spacial score (nSPS) is 10.9. The van der Waals surface area contributed by atoms with Crippen molar-refractivity contribution >= 4 is 17.1 Å². The molecule has 4 nitrogen and oxygen atoms in total. The molecule has 0 saturated carbocycles. The van der Waals surface area contributed by atoms with Crippen LogP contribution in [0, 0.1) is 0 Å². The van der Waals surface area contributed by atoms with E-state index in [1.165, 1.54) is 0 Å². The summed E-state index contributed by atoms with van der Waals surface area (Å²) in [5.74, 6) is -0.438. The van der Waals surface area contributed by atoms with E-state index in [4.69, 9.17) is 9.52 Å². The summed E-state index contributed by atoms with van der Waals surface area (Å²) in [5.41, 5.74) is 5.00. The molecule has 4 rings (SSSR count). The number of fused-ring (bicyclic) bond motifs is 1. The molecule has 4 aromatic rings. The first-order valence-electron chi connectivity index (χ1n) is 7.97. The molecule has 3 aromatic carbocycles. The maximum absolute atomic E-state index is 11.1. The van der Waals surface area contributed by atoms with Crippen LogP contribution in [0.1, 0.15) is 5.56 Å². The number of carbonyl (C=O) groups is 1. The van der Waals surface area contributed by atoms with Crippen molar-refractivity contribution in [1.29, 1.82) is 0 Å².